The highest BCUT2D eigenvalue weighted by molar-refractivity contribution is 6.80. The van der Waals surface area contributed by atoms with Gasteiger partial charge in [-0.1, -0.05) is 60.7 Å². The van der Waals surface area contributed by atoms with Crippen LogP contribution >= 0.6 is 0 Å². The second-order valence-corrected chi connectivity index (χ2v) is 10.0. The van der Waals surface area contributed by atoms with Crippen molar-refractivity contribution in [3.05, 3.63) is 119 Å². The van der Waals surface area contributed by atoms with Gasteiger partial charge in [0.1, 0.15) is 0 Å². The third-order valence-corrected chi connectivity index (χ3v) is 6.87. The van der Waals surface area contributed by atoms with Crippen molar-refractivity contribution in [1.29, 1.82) is 0 Å². The van der Waals surface area contributed by atoms with Crippen LogP contribution in [0, 0.1) is 23.3 Å². The van der Waals surface area contributed by atoms with Crippen LogP contribution < -0.4 is 32.5 Å². The second-order valence-electron chi connectivity index (χ2n) is 10.0. The van der Waals surface area contributed by atoms with E-state index in [0.717, 1.165) is 46.3 Å². The normalized spacial score (nSPS) is 11.1. The van der Waals surface area contributed by atoms with Gasteiger partial charge in [-0.2, -0.15) is 0 Å². The van der Waals surface area contributed by atoms with Gasteiger partial charge in [0.05, 0.1) is 13.2 Å². The first-order valence-corrected chi connectivity index (χ1v) is 14.1. The molecular weight excluding hydrogens is 558 g/mol. The molecule has 4 rings (SSSR count). The van der Waals surface area contributed by atoms with Crippen molar-refractivity contribution in [1.82, 2.24) is 10.6 Å². The van der Waals surface area contributed by atoms with Gasteiger partial charge in [-0.05, 0) is 71.3 Å². The van der Waals surface area contributed by atoms with Gasteiger partial charge in [-0.3, -0.25) is 0 Å². The molecule has 0 saturated heterocycles. The van der Waals surface area contributed by atoms with Gasteiger partial charge in [0.25, 0.3) is 0 Å². The van der Waals surface area contributed by atoms with E-state index in [1.54, 1.807) is 0 Å². The van der Waals surface area contributed by atoms with Crippen LogP contribution in [0.3, 0.4) is 0 Å². The predicted octanol–water partition coefficient (Wildman–Crippen LogP) is 2.64. The molecule has 43 heavy (non-hydrogen) atoms. The Morgan fingerprint density at radius 2 is 0.884 bits per heavy atom. The first kappa shape index (κ1) is 32.4. The summed E-state index contributed by atoms with van der Waals surface area (Å²) >= 11 is 0. The summed E-state index contributed by atoms with van der Waals surface area (Å²) in [5.74, 6) is -3.64. The van der Waals surface area contributed by atoms with Crippen molar-refractivity contribution in [3.63, 3.8) is 0 Å². The standard InChI is InChI=1S/C32H34B2F4N2O3/c1-39-15-17-42-33(27-11-13-29(35)31(37)19-27)25-7-3-23(4-8-25)21-41-22-24-5-9-26(10-6-24)34(43-18-16-40-2)28-12-14-30(36)32(38)20-28/h3-14,19-20,39-40H,15-18,21-22H2,1-2H3. The van der Waals surface area contributed by atoms with Crippen molar-refractivity contribution in [2.75, 3.05) is 40.4 Å². The molecule has 0 fully saturated rings. The highest BCUT2D eigenvalue weighted by Crippen LogP contribution is 2.09. The van der Waals surface area contributed by atoms with Crippen molar-refractivity contribution >= 4 is 35.7 Å². The van der Waals surface area contributed by atoms with Gasteiger partial charge < -0.3 is 24.7 Å². The third kappa shape index (κ3) is 9.26. The molecule has 4 aromatic carbocycles. The molecule has 0 heterocycles. The van der Waals surface area contributed by atoms with E-state index in [1.807, 2.05) is 62.6 Å². The van der Waals surface area contributed by atoms with Crippen LogP contribution in [0.4, 0.5) is 17.6 Å². The lowest BCUT2D eigenvalue weighted by Gasteiger charge is -2.17. The molecule has 0 aliphatic rings. The first-order chi connectivity index (χ1) is 20.9. The lowest BCUT2D eigenvalue weighted by atomic mass is 9.55. The summed E-state index contributed by atoms with van der Waals surface area (Å²) in [6, 6.07) is 22.8. The Morgan fingerprint density at radius 3 is 1.23 bits per heavy atom. The SMILES string of the molecule is CNCCOB(c1ccc(COCc2ccc(B(OCCNC)c3ccc(F)c(F)c3)cc2)cc1)c1ccc(F)c(F)c1. The van der Waals surface area contributed by atoms with Crippen molar-refractivity contribution in [3.8, 4) is 0 Å². The maximum Gasteiger partial charge on any atom is 0.361 e. The molecule has 0 aliphatic carbocycles. The average Bonchev–Trinajstić information content (AvgIpc) is 3.02. The fourth-order valence-corrected chi connectivity index (χ4v) is 4.54. The summed E-state index contributed by atoms with van der Waals surface area (Å²) in [5, 5.41) is 6.02. The average molecular weight is 592 g/mol. The lowest BCUT2D eigenvalue weighted by Crippen LogP contribution is -2.46. The monoisotopic (exact) mass is 592 g/mol. The first-order valence-electron chi connectivity index (χ1n) is 14.1. The summed E-state index contributed by atoms with van der Waals surface area (Å²) in [7, 11) is 3.63. The minimum Gasteiger partial charge on any atom is -0.426 e. The number of ether oxygens (including phenoxy) is 1. The van der Waals surface area contributed by atoms with Crippen LogP contribution in [0.1, 0.15) is 11.1 Å². The number of benzene rings is 4. The van der Waals surface area contributed by atoms with E-state index in [2.05, 4.69) is 10.6 Å². The maximum absolute atomic E-state index is 13.9. The summed E-state index contributed by atoms with van der Waals surface area (Å²) < 4.78 is 72.8. The van der Waals surface area contributed by atoms with Crippen LogP contribution in [-0.4, -0.2) is 54.2 Å². The molecule has 0 radical (unpaired) electrons. The zero-order chi connectivity index (χ0) is 30.6. The zero-order valence-electron chi connectivity index (χ0n) is 24.2. The molecule has 4 aromatic rings. The molecule has 11 heteroatoms. The number of halogens is 4. The topological polar surface area (TPSA) is 51.8 Å². The molecule has 0 aliphatic heterocycles. The van der Waals surface area contributed by atoms with E-state index in [-0.39, 0.29) is 0 Å². The van der Waals surface area contributed by atoms with Gasteiger partial charge in [0, 0.05) is 26.3 Å². The van der Waals surface area contributed by atoms with Crippen molar-refractivity contribution in [2.24, 2.45) is 0 Å². The smallest absolute Gasteiger partial charge is 0.361 e. The van der Waals surface area contributed by atoms with Crippen LogP contribution in [-0.2, 0) is 27.3 Å². The van der Waals surface area contributed by atoms with Gasteiger partial charge in [-0.15, -0.1) is 0 Å². The summed E-state index contributed by atoms with van der Waals surface area (Å²) in [5.41, 5.74) is 4.57. The van der Waals surface area contributed by atoms with Crippen LogP contribution in [0.2, 0.25) is 0 Å². The fraction of sp³-hybridized carbons (Fsp3) is 0.250. The van der Waals surface area contributed by atoms with Crippen LogP contribution in [0.5, 0.6) is 0 Å². The predicted molar refractivity (Wildman–Crippen MR) is 164 cm³/mol. The quantitative estimate of drug-likeness (QED) is 0.119. The molecule has 5 nitrogen and oxygen atoms in total. The van der Waals surface area contributed by atoms with Crippen molar-refractivity contribution < 1.29 is 31.6 Å². The Morgan fingerprint density at radius 1 is 0.512 bits per heavy atom. The second kappa shape index (κ2) is 16.4. The highest BCUT2D eigenvalue weighted by atomic mass is 19.2. The third-order valence-electron chi connectivity index (χ3n) is 6.87. The minimum absolute atomic E-state index is 0.364. The Labute approximate surface area is 250 Å². The Kier molecular flexibility index (Phi) is 12.4. The van der Waals surface area contributed by atoms with Crippen LogP contribution in [0.25, 0.3) is 0 Å². The van der Waals surface area contributed by atoms with Gasteiger partial charge in [0.15, 0.2) is 23.3 Å². The number of rotatable bonds is 16. The number of hydrogen-bond donors (Lipinski definition) is 2. The summed E-state index contributed by atoms with van der Waals surface area (Å²) in [4.78, 5) is 0. The number of nitrogens with one attached hydrogen (secondary N) is 2. The Hall–Kier alpha value is -3.47. The fourth-order valence-electron chi connectivity index (χ4n) is 4.54. The van der Waals surface area contributed by atoms with Crippen molar-refractivity contribution in [2.45, 2.75) is 13.2 Å². The van der Waals surface area contributed by atoms with Gasteiger partial charge >= 0.3 is 13.8 Å². The van der Waals surface area contributed by atoms with E-state index in [1.165, 1.54) is 12.1 Å². The molecule has 0 unspecified atom stereocenters. The van der Waals surface area contributed by atoms with E-state index in [9.17, 15) is 17.6 Å². The molecule has 0 amide bonds. The van der Waals surface area contributed by atoms with Gasteiger partial charge in [0.2, 0.25) is 0 Å². The molecule has 0 atom stereocenters. The largest absolute Gasteiger partial charge is 0.426 e. The molecular formula is C32H34B2F4N2O3. The molecule has 0 aromatic heterocycles. The zero-order valence-corrected chi connectivity index (χ0v) is 24.2. The molecule has 0 saturated carbocycles. The highest BCUT2D eigenvalue weighted by Gasteiger charge is 2.24. The number of hydrogen-bond acceptors (Lipinski definition) is 5. The molecule has 0 bridgehead atoms. The van der Waals surface area contributed by atoms with E-state index >= 15 is 0 Å². The summed E-state index contributed by atoms with van der Waals surface area (Å²) in [6.45, 7) is 1.65. The maximum atomic E-state index is 13.9. The molecule has 2 N–H and O–H groups in total. The van der Waals surface area contributed by atoms with E-state index < -0.39 is 37.1 Å². The minimum atomic E-state index is -0.918. The van der Waals surface area contributed by atoms with E-state index in [0.29, 0.717) is 50.4 Å². The van der Waals surface area contributed by atoms with Gasteiger partial charge in [-0.25, -0.2) is 17.6 Å². The Bertz CT molecular complexity index is 1340. The van der Waals surface area contributed by atoms with E-state index in [4.69, 9.17) is 14.0 Å². The lowest BCUT2D eigenvalue weighted by molar-refractivity contribution is 0.107. The summed E-state index contributed by atoms with van der Waals surface area (Å²) in [6.07, 6.45) is 0. The molecule has 224 valence electrons. The number of likely N-dealkylation sites (N-methyl/N-ethyl adjacent to an activating group) is 2. The molecule has 0 spiro atoms. The Balaban J connectivity index is 1.37. The van der Waals surface area contributed by atoms with Crippen LogP contribution in [0.15, 0.2) is 84.9 Å².